The second kappa shape index (κ2) is 9.63. The lowest BCUT2D eigenvalue weighted by molar-refractivity contribution is -0.128. The maximum Gasteiger partial charge on any atom is 0.261 e. The lowest BCUT2D eigenvalue weighted by Crippen LogP contribution is -2.44. The molecule has 4 nitrogen and oxygen atoms in total. The Labute approximate surface area is 168 Å². The normalized spacial score (nSPS) is 15.2. The van der Waals surface area contributed by atoms with Crippen LogP contribution in [0.5, 0.6) is 11.5 Å². The van der Waals surface area contributed by atoms with Crippen LogP contribution in [0.15, 0.2) is 42.5 Å². The van der Waals surface area contributed by atoms with Gasteiger partial charge < -0.3 is 14.8 Å². The van der Waals surface area contributed by atoms with Crippen LogP contribution in [0.1, 0.15) is 49.8 Å². The number of carbonyl (C=O) groups is 1. The van der Waals surface area contributed by atoms with E-state index in [0.29, 0.717) is 13.0 Å². The molecule has 1 aliphatic carbocycles. The van der Waals surface area contributed by atoms with E-state index in [2.05, 4.69) is 17.4 Å². The third-order valence-corrected chi connectivity index (χ3v) is 5.17. The number of rotatable bonds is 8. The summed E-state index contributed by atoms with van der Waals surface area (Å²) in [4.78, 5) is 12.6. The molecule has 0 saturated heterocycles. The molecule has 2 aromatic carbocycles. The van der Waals surface area contributed by atoms with Crippen LogP contribution in [-0.4, -0.2) is 24.7 Å². The molecule has 1 amide bonds. The van der Waals surface area contributed by atoms with Crippen molar-refractivity contribution in [3.05, 3.63) is 59.2 Å². The van der Waals surface area contributed by atoms with E-state index in [1.807, 2.05) is 51.1 Å². The van der Waals surface area contributed by atoms with E-state index in [0.717, 1.165) is 24.3 Å². The Morgan fingerprint density at radius 3 is 2.43 bits per heavy atom. The molecule has 150 valence electrons. The highest BCUT2D eigenvalue weighted by molar-refractivity contribution is 5.81. The molecule has 3 rings (SSSR count). The molecule has 2 aromatic rings. The van der Waals surface area contributed by atoms with Gasteiger partial charge in [0.1, 0.15) is 18.1 Å². The Balaban J connectivity index is 1.52. The fraction of sp³-hybridized carbons (Fsp3) is 0.458. The van der Waals surface area contributed by atoms with Crippen molar-refractivity contribution in [3.8, 4) is 11.5 Å². The molecule has 0 aromatic heterocycles. The van der Waals surface area contributed by atoms with Crippen LogP contribution in [0.25, 0.3) is 0 Å². The summed E-state index contributed by atoms with van der Waals surface area (Å²) in [7, 11) is 0. The van der Waals surface area contributed by atoms with Crippen LogP contribution in [0.4, 0.5) is 0 Å². The first-order valence-corrected chi connectivity index (χ1v) is 10.3. The maximum absolute atomic E-state index is 12.6. The van der Waals surface area contributed by atoms with Gasteiger partial charge in [0.15, 0.2) is 6.10 Å². The van der Waals surface area contributed by atoms with Crippen molar-refractivity contribution in [2.75, 3.05) is 6.61 Å². The van der Waals surface area contributed by atoms with Crippen LogP contribution in [0, 0.1) is 6.92 Å². The fourth-order valence-corrected chi connectivity index (χ4v) is 3.50. The van der Waals surface area contributed by atoms with E-state index < -0.39 is 6.10 Å². The SMILES string of the molecule is CC[C@H](Oc1ccc2c(c1)CCCC2)C(=O)N[C@@H](C)COc1ccc(C)cc1. The molecule has 0 radical (unpaired) electrons. The van der Waals surface area contributed by atoms with Crippen molar-refractivity contribution >= 4 is 5.91 Å². The van der Waals surface area contributed by atoms with Crippen LogP contribution in [0.2, 0.25) is 0 Å². The third-order valence-electron chi connectivity index (χ3n) is 5.17. The average molecular weight is 382 g/mol. The largest absolute Gasteiger partial charge is 0.491 e. The summed E-state index contributed by atoms with van der Waals surface area (Å²) in [6.45, 7) is 6.37. The van der Waals surface area contributed by atoms with E-state index in [4.69, 9.17) is 9.47 Å². The van der Waals surface area contributed by atoms with Gasteiger partial charge in [0, 0.05) is 0 Å². The predicted octanol–water partition coefficient (Wildman–Crippen LogP) is 4.61. The molecule has 4 heteroatoms. The Bertz CT molecular complexity index is 785. The lowest BCUT2D eigenvalue weighted by atomic mass is 9.92. The molecule has 0 saturated carbocycles. The van der Waals surface area contributed by atoms with Crippen molar-refractivity contribution in [2.24, 2.45) is 0 Å². The highest BCUT2D eigenvalue weighted by Gasteiger charge is 2.21. The van der Waals surface area contributed by atoms with Gasteiger partial charge in [0.05, 0.1) is 6.04 Å². The zero-order valence-corrected chi connectivity index (χ0v) is 17.2. The highest BCUT2D eigenvalue weighted by atomic mass is 16.5. The molecule has 1 aliphatic rings. The first-order valence-electron chi connectivity index (χ1n) is 10.3. The number of aryl methyl sites for hydroxylation is 3. The number of hydrogen-bond donors (Lipinski definition) is 1. The molecular formula is C24H31NO3. The molecule has 0 fully saturated rings. The zero-order chi connectivity index (χ0) is 19.9. The number of ether oxygens (including phenoxy) is 2. The minimum Gasteiger partial charge on any atom is -0.491 e. The summed E-state index contributed by atoms with van der Waals surface area (Å²) in [5.41, 5.74) is 3.97. The lowest BCUT2D eigenvalue weighted by Gasteiger charge is -2.22. The van der Waals surface area contributed by atoms with Crippen LogP contribution >= 0.6 is 0 Å². The third kappa shape index (κ3) is 5.51. The topological polar surface area (TPSA) is 47.6 Å². The standard InChI is InChI=1S/C24H31NO3/c1-4-23(28-22-14-11-19-7-5-6-8-20(19)15-22)24(26)25-18(3)16-27-21-12-9-17(2)10-13-21/h9-15,18,23H,4-8,16H2,1-3H3,(H,25,26)/t18-,23-/m0/s1. The molecule has 1 N–H and O–H groups in total. The van der Waals surface area contributed by atoms with Gasteiger partial charge in [-0.1, -0.05) is 30.7 Å². The first-order chi connectivity index (χ1) is 13.5. The number of carbonyl (C=O) groups excluding carboxylic acids is 1. The molecule has 0 spiro atoms. The number of benzene rings is 2. The highest BCUT2D eigenvalue weighted by Crippen LogP contribution is 2.26. The summed E-state index contributed by atoms with van der Waals surface area (Å²) in [6, 6.07) is 14.0. The Morgan fingerprint density at radius 1 is 1.04 bits per heavy atom. The van der Waals surface area contributed by atoms with Crippen molar-refractivity contribution < 1.29 is 14.3 Å². The average Bonchev–Trinajstić information content (AvgIpc) is 2.71. The van der Waals surface area contributed by atoms with E-state index in [-0.39, 0.29) is 11.9 Å². The van der Waals surface area contributed by atoms with Crippen molar-refractivity contribution in [2.45, 2.75) is 65.0 Å². The summed E-state index contributed by atoms with van der Waals surface area (Å²) >= 11 is 0. The van der Waals surface area contributed by atoms with Gasteiger partial charge in [-0.3, -0.25) is 4.79 Å². The Morgan fingerprint density at radius 2 is 1.71 bits per heavy atom. The van der Waals surface area contributed by atoms with Gasteiger partial charge in [-0.2, -0.15) is 0 Å². The van der Waals surface area contributed by atoms with E-state index in [1.165, 1.54) is 29.5 Å². The molecule has 0 unspecified atom stereocenters. The minimum absolute atomic E-state index is 0.0970. The van der Waals surface area contributed by atoms with Gasteiger partial charge in [0.25, 0.3) is 5.91 Å². The van der Waals surface area contributed by atoms with E-state index in [1.54, 1.807) is 0 Å². The smallest absolute Gasteiger partial charge is 0.261 e. The Kier molecular flexibility index (Phi) is 6.96. The van der Waals surface area contributed by atoms with E-state index >= 15 is 0 Å². The molecule has 2 atom stereocenters. The second-order valence-electron chi connectivity index (χ2n) is 7.69. The zero-order valence-electron chi connectivity index (χ0n) is 17.2. The monoisotopic (exact) mass is 381 g/mol. The summed E-state index contributed by atoms with van der Waals surface area (Å²) in [6.07, 6.45) is 4.86. The number of hydrogen-bond acceptors (Lipinski definition) is 3. The van der Waals surface area contributed by atoms with Gasteiger partial charge in [-0.15, -0.1) is 0 Å². The van der Waals surface area contributed by atoms with Gasteiger partial charge >= 0.3 is 0 Å². The maximum atomic E-state index is 12.6. The van der Waals surface area contributed by atoms with Gasteiger partial charge in [-0.25, -0.2) is 0 Å². The van der Waals surface area contributed by atoms with Crippen molar-refractivity contribution in [1.29, 1.82) is 0 Å². The molecule has 0 bridgehead atoms. The van der Waals surface area contributed by atoms with Crippen molar-refractivity contribution in [1.82, 2.24) is 5.32 Å². The van der Waals surface area contributed by atoms with Crippen LogP contribution < -0.4 is 14.8 Å². The molecular weight excluding hydrogens is 350 g/mol. The molecule has 0 heterocycles. The van der Waals surface area contributed by atoms with Crippen molar-refractivity contribution in [3.63, 3.8) is 0 Å². The molecule has 28 heavy (non-hydrogen) atoms. The quantitative estimate of drug-likeness (QED) is 0.726. The first kappa shape index (κ1) is 20.2. The Hall–Kier alpha value is -2.49. The number of amides is 1. The van der Waals surface area contributed by atoms with Gasteiger partial charge in [0.2, 0.25) is 0 Å². The van der Waals surface area contributed by atoms with Crippen LogP contribution in [0.3, 0.4) is 0 Å². The number of nitrogens with one attached hydrogen (secondary N) is 1. The fourth-order valence-electron chi connectivity index (χ4n) is 3.50. The summed E-state index contributed by atoms with van der Waals surface area (Å²) in [5.74, 6) is 1.50. The second-order valence-corrected chi connectivity index (χ2v) is 7.69. The van der Waals surface area contributed by atoms with Crippen LogP contribution in [-0.2, 0) is 17.6 Å². The number of fused-ring (bicyclic) bond motifs is 1. The summed E-state index contributed by atoms with van der Waals surface area (Å²) < 4.78 is 11.8. The minimum atomic E-state index is -0.497. The van der Waals surface area contributed by atoms with E-state index in [9.17, 15) is 4.79 Å². The summed E-state index contributed by atoms with van der Waals surface area (Å²) in [5, 5.41) is 3.01. The predicted molar refractivity (Wildman–Crippen MR) is 112 cm³/mol. The molecule has 0 aliphatic heterocycles. The van der Waals surface area contributed by atoms with Gasteiger partial charge in [-0.05, 0) is 81.3 Å².